The summed E-state index contributed by atoms with van der Waals surface area (Å²) >= 11 is 0. The van der Waals surface area contributed by atoms with Crippen LogP contribution in [0.25, 0.3) is 4.85 Å². The van der Waals surface area contributed by atoms with Gasteiger partial charge in [-0.15, -0.1) is 0 Å². The van der Waals surface area contributed by atoms with Gasteiger partial charge >= 0.3 is 0 Å². The minimum atomic E-state index is 0.235. The van der Waals surface area contributed by atoms with E-state index in [1.165, 1.54) is 6.42 Å². The van der Waals surface area contributed by atoms with Crippen LogP contribution in [0.15, 0.2) is 0 Å². The lowest BCUT2D eigenvalue weighted by Gasteiger charge is -2.46. The van der Waals surface area contributed by atoms with Crippen LogP contribution in [0.4, 0.5) is 0 Å². The Morgan fingerprint density at radius 2 is 2.00 bits per heavy atom. The van der Waals surface area contributed by atoms with Crippen molar-refractivity contribution in [1.82, 2.24) is 4.90 Å². The van der Waals surface area contributed by atoms with Gasteiger partial charge in [-0.3, -0.25) is 4.85 Å². The second-order valence-corrected chi connectivity index (χ2v) is 3.70. The monoisotopic (exact) mass is 166 g/mol. The SMILES string of the molecule is [C-]#[N+]CN1CCC2(CCO2)CC1. The molecule has 0 radical (unpaired) electrons. The number of piperidine rings is 1. The van der Waals surface area contributed by atoms with Crippen molar-refractivity contribution in [3.63, 3.8) is 0 Å². The molecule has 0 atom stereocenters. The molecular weight excluding hydrogens is 152 g/mol. The van der Waals surface area contributed by atoms with E-state index in [1.807, 2.05) is 0 Å². The minimum absolute atomic E-state index is 0.235. The lowest BCUT2D eigenvalue weighted by atomic mass is 9.85. The largest absolute Gasteiger partial charge is 0.375 e. The predicted octanol–water partition coefficient (Wildman–Crippen LogP) is 1.12. The molecule has 66 valence electrons. The normalized spacial score (nSPS) is 27.9. The summed E-state index contributed by atoms with van der Waals surface area (Å²) in [5, 5.41) is 0. The van der Waals surface area contributed by atoms with Crippen LogP contribution in [0, 0.1) is 6.57 Å². The highest BCUT2D eigenvalue weighted by Gasteiger charge is 2.41. The first-order valence-electron chi connectivity index (χ1n) is 4.54. The Morgan fingerprint density at radius 1 is 1.33 bits per heavy atom. The van der Waals surface area contributed by atoms with Gasteiger partial charge in [0.1, 0.15) is 0 Å². The van der Waals surface area contributed by atoms with E-state index in [0.29, 0.717) is 6.67 Å². The third-order valence-electron chi connectivity index (χ3n) is 3.00. The first-order chi connectivity index (χ1) is 5.85. The molecule has 2 heterocycles. The fourth-order valence-electron chi connectivity index (χ4n) is 1.99. The number of rotatable bonds is 1. The molecule has 12 heavy (non-hydrogen) atoms. The summed E-state index contributed by atoms with van der Waals surface area (Å²) in [5.74, 6) is 0. The van der Waals surface area contributed by atoms with E-state index >= 15 is 0 Å². The van der Waals surface area contributed by atoms with Crippen LogP contribution in [-0.2, 0) is 4.74 Å². The predicted molar refractivity (Wildman–Crippen MR) is 45.6 cm³/mol. The average molecular weight is 166 g/mol. The molecule has 3 heteroatoms. The van der Waals surface area contributed by atoms with Crippen molar-refractivity contribution in [3.8, 4) is 0 Å². The van der Waals surface area contributed by atoms with E-state index in [1.54, 1.807) is 0 Å². The molecule has 2 fully saturated rings. The number of nitrogens with zero attached hydrogens (tertiary/aromatic N) is 2. The van der Waals surface area contributed by atoms with Gasteiger partial charge in [0.2, 0.25) is 0 Å². The molecule has 0 aromatic heterocycles. The summed E-state index contributed by atoms with van der Waals surface area (Å²) in [6.45, 7) is 10.3. The van der Waals surface area contributed by atoms with E-state index in [2.05, 4.69) is 9.74 Å². The molecule has 0 aliphatic carbocycles. The van der Waals surface area contributed by atoms with Crippen LogP contribution in [-0.4, -0.2) is 36.9 Å². The zero-order valence-corrected chi connectivity index (χ0v) is 7.25. The fourth-order valence-corrected chi connectivity index (χ4v) is 1.99. The van der Waals surface area contributed by atoms with Crippen LogP contribution < -0.4 is 0 Å². The second-order valence-electron chi connectivity index (χ2n) is 3.70. The summed E-state index contributed by atoms with van der Waals surface area (Å²) in [7, 11) is 0. The van der Waals surface area contributed by atoms with Crippen molar-refractivity contribution >= 4 is 0 Å². The highest BCUT2D eigenvalue weighted by molar-refractivity contribution is 4.92. The first kappa shape index (κ1) is 8.03. The molecule has 0 aromatic rings. The Hall–Kier alpha value is -0.590. The molecule has 1 spiro atoms. The molecule has 0 unspecified atom stereocenters. The molecule has 0 aromatic carbocycles. The Balaban J connectivity index is 1.81. The zero-order chi connectivity index (χ0) is 8.44. The summed E-state index contributed by atoms with van der Waals surface area (Å²) in [4.78, 5) is 5.59. The zero-order valence-electron chi connectivity index (χ0n) is 7.25. The van der Waals surface area contributed by atoms with Gasteiger partial charge < -0.3 is 4.74 Å². The molecule has 3 nitrogen and oxygen atoms in total. The van der Waals surface area contributed by atoms with Crippen LogP contribution >= 0.6 is 0 Å². The van der Waals surface area contributed by atoms with Crippen LogP contribution in [0.1, 0.15) is 19.3 Å². The van der Waals surface area contributed by atoms with Crippen molar-refractivity contribution in [1.29, 1.82) is 0 Å². The Morgan fingerprint density at radius 3 is 2.42 bits per heavy atom. The van der Waals surface area contributed by atoms with Crippen molar-refractivity contribution < 1.29 is 4.74 Å². The topological polar surface area (TPSA) is 16.8 Å². The number of ether oxygens (including phenoxy) is 1. The molecule has 0 N–H and O–H groups in total. The lowest BCUT2D eigenvalue weighted by molar-refractivity contribution is -0.172. The maximum atomic E-state index is 6.75. The quantitative estimate of drug-likeness (QED) is 0.543. The van der Waals surface area contributed by atoms with E-state index < -0.39 is 0 Å². The number of likely N-dealkylation sites (tertiary alicyclic amines) is 1. The van der Waals surface area contributed by atoms with Crippen molar-refractivity contribution in [2.45, 2.75) is 24.9 Å². The molecule has 0 saturated carbocycles. The van der Waals surface area contributed by atoms with E-state index in [9.17, 15) is 0 Å². The van der Waals surface area contributed by atoms with Gasteiger partial charge in [0.25, 0.3) is 6.67 Å². The van der Waals surface area contributed by atoms with Crippen molar-refractivity contribution in [2.24, 2.45) is 0 Å². The van der Waals surface area contributed by atoms with Gasteiger partial charge in [-0.05, 0) is 19.3 Å². The van der Waals surface area contributed by atoms with Gasteiger partial charge in [-0.25, -0.2) is 11.5 Å². The summed E-state index contributed by atoms with van der Waals surface area (Å²) in [6, 6.07) is 0. The van der Waals surface area contributed by atoms with Gasteiger partial charge in [0, 0.05) is 13.1 Å². The molecule has 0 amide bonds. The van der Waals surface area contributed by atoms with Crippen LogP contribution in [0.5, 0.6) is 0 Å². The maximum Gasteiger partial charge on any atom is 0.270 e. The maximum absolute atomic E-state index is 6.75. The summed E-state index contributed by atoms with van der Waals surface area (Å²) in [6.07, 6.45) is 3.49. The van der Waals surface area contributed by atoms with Crippen LogP contribution in [0.2, 0.25) is 0 Å². The van der Waals surface area contributed by atoms with Gasteiger partial charge in [-0.1, -0.05) is 0 Å². The Bertz CT molecular complexity index is 195. The highest BCUT2D eigenvalue weighted by Crippen LogP contribution is 2.36. The van der Waals surface area contributed by atoms with E-state index in [-0.39, 0.29) is 5.60 Å². The average Bonchev–Trinajstić information content (AvgIpc) is 2.04. The smallest absolute Gasteiger partial charge is 0.270 e. The van der Waals surface area contributed by atoms with Gasteiger partial charge in [0.15, 0.2) is 0 Å². The molecule has 2 rings (SSSR count). The third kappa shape index (κ3) is 1.33. The van der Waals surface area contributed by atoms with Gasteiger partial charge in [-0.2, -0.15) is 0 Å². The molecule has 2 aliphatic rings. The Kier molecular flexibility index (Phi) is 2.03. The lowest BCUT2D eigenvalue weighted by Crippen LogP contribution is -2.52. The molecule has 2 saturated heterocycles. The minimum Gasteiger partial charge on any atom is -0.375 e. The van der Waals surface area contributed by atoms with E-state index in [0.717, 1.165) is 32.5 Å². The number of hydrogen-bond donors (Lipinski definition) is 0. The van der Waals surface area contributed by atoms with E-state index in [4.69, 9.17) is 11.3 Å². The molecular formula is C9H14N2O. The highest BCUT2D eigenvalue weighted by atomic mass is 16.5. The molecule has 2 aliphatic heterocycles. The van der Waals surface area contributed by atoms with Crippen molar-refractivity contribution in [2.75, 3.05) is 26.4 Å². The fraction of sp³-hybridized carbons (Fsp3) is 0.889. The standard InChI is InChI=1S/C9H14N2O/c1-10-8-11-5-2-9(3-6-11)4-7-12-9/h2-8H2. The second kappa shape index (κ2) is 3.04. The summed E-state index contributed by atoms with van der Waals surface area (Å²) < 4.78 is 5.58. The summed E-state index contributed by atoms with van der Waals surface area (Å²) in [5.41, 5.74) is 0.235. The third-order valence-corrected chi connectivity index (χ3v) is 3.00. The van der Waals surface area contributed by atoms with Crippen LogP contribution in [0.3, 0.4) is 0 Å². The number of hydrogen-bond acceptors (Lipinski definition) is 2. The Labute approximate surface area is 73.1 Å². The van der Waals surface area contributed by atoms with Crippen molar-refractivity contribution in [3.05, 3.63) is 11.4 Å². The van der Waals surface area contributed by atoms with Gasteiger partial charge in [0.05, 0.1) is 12.2 Å². The first-order valence-corrected chi connectivity index (χ1v) is 4.54. The molecule has 0 bridgehead atoms.